The molecule has 1 N–H and O–H groups in total. The van der Waals surface area contributed by atoms with E-state index in [1.807, 2.05) is 12.1 Å². The standard InChI is InChI=1S/C24H22ClF3N4O5S/c1-16(33)31-10-12-32(13-11-31)18-2-4-19(5-3-18)36-23-22(25)14-17(15-29-23)30-38(34,35)21-8-6-20(7-9-21)37-24(26,27)28/h2-9,14-15,30H,10-13H2,1H3. The monoisotopic (exact) mass is 570 g/mol. The molecule has 0 unspecified atom stereocenters. The molecule has 3 aromatic rings. The van der Waals surface area contributed by atoms with Crippen LogP contribution in [0.4, 0.5) is 24.5 Å². The number of amides is 1. The first kappa shape index (κ1) is 27.3. The van der Waals surface area contributed by atoms with Gasteiger partial charge in [0.25, 0.3) is 10.0 Å². The zero-order valence-electron chi connectivity index (χ0n) is 19.9. The van der Waals surface area contributed by atoms with E-state index in [1.54, 1.807) is 24.0 Å². The number of aromatic nitrogens is 1. The molecule has 14 heteroatoms. The summed E-state index contributed by atoms with van der Waals surface area (Å²) in [5, 5.41) is 0.0311. The van der Waals surface area contributed by atoms with Crippen LogP contribution in [0.1, 0.15) is 6.92 Å². The summed E-state index contributed by atoms with van der Waals surface area (Å²) in [4.78, 5) is 19.2. The van der Waals surface area contributed by atoms with Gasteiger partial charge in [0.05, 0.1) is 16.8 Å². The maximum Gasteiger partial charge on any atom is 0.573 e. The van der Waals surface area contributed by atoms with Crippen LogP contribution < -0.4 is 19.1 Å². The topological polar surface area (TPSA) is 101 Å². The second-order valence-electron chi connectivity index (χ2n) is 8.22. The number of carbonyl (C=O) groups is 1. The average molecular weight is 571 g/mol. The Morgan fingerprint density at radius 1 is 1.00 bits per heavy atom. The fourth-order valence-electron chi connectivity index (χ4n) is 3.71. The third-order valence-electron chi connectivity index (χ3n) is 5.57. The Hall–Kier alpha value is -3.71. The van der Waals surface area contributed by atoms with Gasteiger partial charge in [0.1, 0.15) is 16.5 Å². The van der Waals surface area contributed by atoms with Crippen molar-refractivity contribution in [1.82, 2.24) is 9.88 Å². The molecule has 4 rings (SSSR count). The number of alkyl halides is 3. The van der Waals surface area contributed by atoms with E-state index in [0.29, 0.717) is 18.8 Å². The van der Waals surface area contributed by atoms with Crippen LogP contribution in [0.25, 0.3) is 0 Å². The van der Waals surface area contributed by atoms with Crippen molar-refractivity contribution in [3.63, 3.8) is 0 Å². The van der Waals surface area contributed by atoms with Gasteiger partial charge in [-0.1, -0.05) is 11.6 Å². The molecule has 0 radical (unpaired) electrons. The summed E-state index contributed by atoms with van der Waals surface area (Å²) in [5.41, 5.74) is 1.00. The smallest absolute Gasteiger partial charge is 0.438 e. The number of ether oxygens (including phenoxy) is 2. The average Bonchev–Trinajstić information content (AvgIpc) is 2.85. The van der Waals surface area contributed by atoms with Crippen molar-refractivity contribution in [2.45, 2.75) is 18.2 Å². The van der Waals surface area contributed by atoms with Crippen molar-refractivity contribution in [2.75, 3.05) is 35.8 Å². The van der Waals surface area contributed by atoms with Gasteiger partial charge in [-0.05, 0) is 54.6 Å². The molecule has 1 aromatic heterocycles. The van der Waals surface area contributed by atoms with Crippen LogP contribution in [0.5, 0.6) is 17.4 Å². The molecule has 1 amide bonds. The number of piperazine rings is 1. The minimum atomic E-state index is -4.89. The predicted octanol–water partition coefficient (Wildman–Crippen LogP) is 4.90. The third-order valence-corrected chi connectivity index (χ3v) is 7.24. The second kappa shape index (κ2) is 11.0. The number of sulfonamides is 1. The van der Waals surface area contributed by atoms with E-state index in [0.717, 1.165) is 43.0 Å². The lowest BCUT2D eigenvalue weighted by molar-refractivity contribution is -0.274. The lowest BCUT2D eigenvalue weighted by Gasteiger charge is -2.35. The number of nitrogens with zero attached hydrogens (tertiary/aromatic N) is 3. The number of hydrogen-bond donors (Lipinski definition) is 1. The molecule has 38 heavy (non-hydrogen) atoms. The highest BCUT2D eigenvalue weighted by molar-refractivity contribution is 7.92. The molecular weight excluding hydrogens is 549 g/mol. The first-order valence-corrected chi connectivity index (χ1v) is 13.1. The number of benzene rings is 2. The fourth-order valence-corrected chi connectivity index (χ4v) is 4.95. The van der Waals surface area contributed by atoms with E-state index in [4.69, 9.17) is 16.3 Å². The van der Waals surface area contributed by atoms with Crippen LogP contribution in [0.3, 0.4) is 0 Å². The van der Waals surface area contributed by atoms with Crippen molar-refractivity contribution < 1.29 is 35.9 Å². The molecule has 202 valence electrons. The van der Waals surface area contributed by atoms with E-state index in [1.165, 1.54) is 12.3 Å². The first-order chi connectivity index (χ1) is 17.9. The summed E-state index contributed by atoms with van der Waals surface area (Å²) < 4.78 is 73.8. The summed E-state index contributed by atoms with van der Waals surface area (Å²) in [6.07, 6.45) is -3.69. The molecule has 2 heterocycles. The van der Waals surface area contributed by atoms with Gasteiger partial charge < -0.3 is 19.3 Å². The Bertz CT molecular complexity index is 1400. The maximum absolute atomic E-state index is 12.6. The predicted molar refractivity (Wildman–Crippen MR) is 134 cm³/mol. The zero-order chi connectivity index (χ0) is 27.5. The van der Waals surface area contributed by atoms with Crippen LogP contribution >= 0.6 is 11.6 Å². The van der Waals surface area contributed by atoms with E-state index in [9.17, 15) is 26.4 Å². The summed E-state index contributed by atoms with van der Waals surface area (Å²) in [7, 11) is -4.14. The van der Waals surface area contributed by atoms with Crippen LogP contribution in [0.2, 0.25) is 5.02 Å². The summed E-state index contributed by atoms with van der Waals surface area (Å²) >= 11 is 6.24. The summed E-state index contributed by atoms with van der Waals surface area (Å²) in [5.74, 6) is 0.0163. The molecule has 9 nitrogen and oxygen atoms in total. The molecule has 1 aliphatic heterocycles. The number of anilines is 2. The lowest BCUT2D eigenvalue weighted by Crippen LogP contribution is -2.48. The lowest BCUT2D eigenvalue weighted by atomic mass is 10.2. The third kappa shape index (κ3) is 6.98. The van der Waals surface area contributed by atoms with E-state index < -0.39 is 22.1 Å². The van der Waals surface area contributed by atoms with Crippen molar-refractivity contribution >= 4 is 38.9 Å². The Morgan fingerprint density at radius 2 is 1.61 bits per heavy atom. The Morgan fingerprint density at radius 3 is 2.16 bits per heavy atom. The highest BCUT2D eigenvalue weighted by atomic mass is 35.5. The summed E-state index contributed by atoms with van der Waals surface area (Å²) in [6.45, 7) is 4.30. The van der Waals surface area contributed by atoms with Crippen molar-refractivity contribution in [3.8, 4) is 17.4 Å². The number of halogens is 4. The number of hydrogen-bond acceptors (Lipinski definition) is 7. The molecule has 1 fully saturated rings. The van der Waals surface area contributed by atoms with Gasteiger partial charge in [0.2, 0.25) is 11.8 Å². The van der Waals surface area contributed by atoms with Crippen LogP contribution in [0, 0.1) is 0 Å². The van der Waals surface area contributed by atoms with Crippen LogP contribution in [-0.2, 0) is 14.8 Å². The number of carbonyl (C=O) groups excluding carboxylic acids is 1. The molecule has 0 saturated carbocycles. The summed E-state index contributed by atoms with van der Waals surface area (Å²) in [6, 6.07) is 12.3. The largest absolute Gasteiger partial charge is 0.573 e. The van der Waals surface area contributed by atoms with Crippen molar-refractivity contribution in [2.24, 2.45) is 0 Å². The second-order valence-corrected chi connectivity index (χ2v) is 10.3. The molecule has 2 aromatic carbocycles. The van der Waals surface area contributed by atoms with Crippen LogP contribution in [0.15, 0.2) is 65.7 Å². The number of nitrogens with one attached hydrogen (secondary N) is 1. The van der Waals surface area contributed by atoms with E-state index in [2.05, 4.69) is 19.3 Å². The quantitative estimate of drug-likeness (QED) is 0.431. The zero-order valence-corrected chi connectivity index (χ0v) is 21.5. The van der Waals surface area contributed by atoms with Gasteiger partial charge in [-0.2, -0.15) is 0 Å². The number of rotatable bonds is 7. The van der Waals surface area contributed by atoms with E-state index in [-0.39, 0.29) is 27.4 Å². The first-order valence-electron chi connectivity index (χ1n) is 11.2. The van der Waals surface area contributed by atoms with Gasteiger partial charge in [-0.3, -0.25) is 9.52 Å². The van der Waals surface area contributed by atoms with Crippen molar-refractivity contribution in [1.29, 1.82) is 0 Å². The Balaban J connectivity index is 1.38. The Kier molecular flexibility index (Phi) is 7.88. The van der Waals surface area contributed by atoms with Gasteiger partial charge in [0.15, 0.2) is 0 Å². The van der Waals surface area contributed by atoms with Crippen molar-refractivity contribution in [3.05, 3.63) is 65.8 Å². The van der Waals surface area contributed by atoms with Gasteiger partial charge >= 0.3 is 6.36 Å². The highest BCUT2D eigenvalue weighted by Gasteiger charge is 2.31. The molecule has 0 aliphatic carbocycles. The highest BCUT2D eigenvalue weighted by Crippen LogP contribution is 2.31. The minimum absolute atomic E-state index is 0.0259. The SMILES string of the molecule is CC(=O)N1CCN(c2ccc(Oc3ncc(NS(=O)(=O)c4ccc(OC(F)(F)F)cc4)cc3Cl)cc2)CC1. The molecule has 0 spiro atoms. The van der Waals surface area contributed by atoms with Crippen LogP contribution in [-0.4, -0.2) is 56.8 Å². The molecule has 0 atom stereocenters. The van der Waals surface area contributed by atoms with Gasteiger partial charge in [-0.25, -0.2) is 13.4 Å². The Labute approximate surface area is 221 Å². The molecule has 0 bridgehead atoms. The van der Waals surface area contributed by atoms with Gasteiger partial charge in [0, 0.05) is 38.8 Å². The van der Waals surface area contributed by atoms with Gasteiger partial charge in [-0.15, -0.1) is 13.2 Å². The maximum atomic E-state index is 12.6. The molecular formula is C24H22ClF3N4O5S. The molecule has 1 aliphatic rings. The molecule has 1 saturated heterocycles. The fraction of sp³-hybridized carbons (Fsp3) is 0.250. The van der Waals surface area contributed by atoms with E-state index >= 15 is 0 Å². The normalized spacial score (nSPS) is 14.2. The number of pyridine rings is 1. The minimum Gasteiger partial charge on any atom is -0.438 e.